The molecule has 0 amide bonds. The molecule has 20 heavy (non-hydrogen) atoms. The van der Waals surface area contributed by atoms with Crippen molar-refractivity contribution in [2.24, 2.45) is 12.8 Å². The van der Waals surface area contributed by atoms with Gasteiger partial charge in [-0.2, -0.15) is 10.2 Å². The van der Waals surface area contributed by atoms with Gasteiger partial charge in [0, 0.05) is 37.5 Å². The second kappa shape index (κ2) is 6.22. The van der Waals surface area contributed by atoms with Crippen LogP contribution in [0.3, 0.4) is 0 Å². The van der Waals surface area contributed by atoms with Crippen LogP contribution in [0.1, 0.15) is 55.7 Å². The predicted molar refractivity (Wildman–Crippen MR) is 80.4 cm³/mol. The zero-order chi connectivity index (χ0) is 14.7. The van der Waals surface area contributed by atoms with Crippen molar-refractivity contribution in [3.05, 3.63) is 35.4 Å². The van der Waals surface area contributed by atoms with Crippen molar-refractivity contribution in [3.8, 4) is 0 Å². The molecule has 2 rings (SSSR count). The fourth-order valence-corrected chi connectivity index (χ4v) is 2.67. The zero-order valence-electron chi connectivity index (χ0n) is 12.9. The summed E-state index contributed by atoms with van der Waals surface area (Å²) in [5, 5.41) is 9.01. The molecule has 1 unspecified atom stereocenters. The first-order chi connectivity index (χ1) is 9.55. The normalized spacial score (nSPS) is 13.1. The van der Waals surface area contributed by atoms with Gasteiger partial charge in [-0.15, -0.1) is 0 Å². The lowest BCUT2D eigenvalue weighted by atomic mass is 10.0. The van der Waals surface area contributed by atoms with Crippen LogP contribution in [0.5, 0.6) is 0 Å². The van der Waals surface area contributed by atoms with E-state index in [9.17, 15) is 0 Å². The van der Waals surface area contributed by atoms with Gasteiger partial charge in [0.15, 0.2) is 0 Å². The van der Waals surface area contributed by atoms with Crippen LogP contribution in [-0.4, -0.2) is 19.6 Å². The lowest BCUT2D eigenvalue weighted by molar-refractivity contribution is 0.424. The molecular formula is C15H25N5. The molecule has 5 heteroatoms. The quantitative estimate of drug-likeness (QED) is 0.881. The van der Waals surface area contributed by atoms with Crippen LogP contribution >= 0.6 is 0 Å². The van der Waals surface area contributed by atoms with Gasteiger partial charge in [0.25, 0.3) is 0 Å². The summed E-state index contributed by atoms with van der Waals surface area (Å²) in [6.07, 6.45) is 7.02. The van der Waals surface area contributed by atoms with Crippen molar-refractivity contribution in [1.82, 2.24) is 19.6 Å². The molecule has 0 bridgehead atoms. The average molecular weight is 275 g/mol. The number of nitrogens with two attached hydrogens (primary N) is 1. The summed E-state index contributed by atoms with van der Waals surface area (Å²) in [4.78, 5) is 0. The van der Waals surface area contributed by atoms with Crippen LogP contribution in [0.2, 0.25) is 0 Å². The lowest BCUT2D eigenvalue weighted by Crippen LogP contribution is -2.15. The Morgan fingerprint density at radius 1 is 1.25 bits per heavy atom. The molecule has 0 aliphatic rings. The Morgan fingerprint density at radius 2 is 1.95 bits per heavy atom. The second-order valence-corrected chi connectivity index (χ2v) is 5.41. The topological polar surface area (TPSA) is 61.7 Å². The monoisotopic (exact) mass is 275 g/mol. The predicted octanol–water partition coefficient (Wildman–Crippen LogP) is 2.53. The van der Waals surface area contributed by atoms with Crippen molar-refractivity contribution < 1.29 is 0 Å². The van der Waals surface area contributed by atoms with Crippen LogP contribution < -0.4 is 5.73 Å². The zero-order valence-corrected chi connectivity index (χ0v) is 12.9. The van der Waals surface area contributed by atoms with Gasteiger partial charge in [-0.25, -0.2) is 0 Å². The Bertz CT molecular complexity index is 550. The van der Waals surface area contributed by atoms with Gasteiger partial charge in [0.1, 0.15) is 0 Å². The van der Waals surface area contributed by atoms with Crippen molar-refractivity contribution in [2.75, 3.05) is 0 Å². The highest BCUT2D eigenvalue weighted by atomic mass is 15.3. The smallest absolute Gasteiger partial charge is 0.0643 e. The first kappa shape index (κ1) is 14.8. The number of hydrogen-bond donors (Lipinski definition) is 1. The third-order valence-corrected chi connectivity index (χ3v) is 3.86. The maximum Gasteiger partial charge on any atom is 0.0643 e. The molecule has 2 aromatic rings. The maximum absolute atomic E-state index is 6.29. The summed E-state index contributed by atoms with van der Waals surface area (Å²) < 4.78 is 3.88. The second-order valence-electron chi connectivity index (χ2n) is 5.41. The van der Waals surface area contributed by atoms with E-state index in [1.807, 2.05) is 24.9 Å². The molecular weight excluding hydrogens is 250 g/mol. The SMILES string of the molecule is CCC(CC)n1ccc(CC(N)c2cn(C)nc2C)n1. The third kappa shape index (κ3) is 3.10. The molecule has 5 nitrogen and oxygen atoms in total. The van der Waals surface area contributed by atoms with Crippen molar-refractivity contribution in [2.45, 2.75) is 52.1 Å². The Morgan fingerprint density at radius 3 is 2.50 bits per heavy atom. The van der Waals surface area contributed by atoms with E-state index in [2.05, 4.69) is 41.0 Å². The Balaban J connectivity index is 2.08. The third-order valence-electron chi connectivity index (χ3n) is 3.86. The van der Waals surface area contributed by atoms with Crippen LogP contribution in [-0.2, 0) is 13.5 Å². The standard InChI is InChI=1S/C15H25N5/c1-5-13(6-2)20-8-7-12(18-20)9-15(16)14-10-19(4)17-11(14)3/h7-8,10,13,15H,5-6,9,16H2,1-4H3. The molecule has 2 N–H and O–H groups in total. The lowest BCUT2D eigenvalue weighted by Gasteiger charge is -2.13. The molecule has 1 atom stereocenters. The molecule has 0 aliphatic heterocycles. The maximum atomic E-state index is 6.29. The van der Waals surface area contributed by atoms with Crippen molar-refractivity contribution in [3.63, 3.8) is 0 Å². The van der Waals surface area contributed by atoms with Gasteiger partial charge in [-0.05, 0) is 25.8 Å². The average Bonchev–Trinajstić information content (AvgIpc) is 2.98. The highest BCUT2D eigenvalue weighted by molar-refractivity contribution is 5.21. The summed E-state index contributed by atoms with van der Waals surface area (Å²) in [5.74, 6) is 0. The van der Waals surface area contributed by atoms with Gasteiger partial charge < -0.3 is 5.73 Å². The molecule has 0 fully saturated rings. The van der Waals surface area contributed by atoms with E-state index >= 15 is 0 Å². The summed E-state index contributed by atoms with van der Waals surface area (Å²) in [7, 11) is 1.92. The van der Waals surface area contributed by atoms with Gasteiger partial charge in [-0.3, -0.25) is 9.36 Å². The van der Waals surface area contributed by atoms with E-state index in [0.29, 0.717) is 6.04 Å². The highest BCUT2D eigenvalue weighted by Crippen LogP contribution is 2.19. The van der Waals surface area contributed by atoms with E-state index in [1.54, 1.807) is 0 Å². The Kier molecular flexibility index (Phi) is 4.60. The molecule has 110 valence electrons. The molecule has 0 aliphatic carbocycles. The van der Waals surface area contributed by atoms with Gasteiger partial charge in [0.05, 0.1) is 17.4 Å². The van der Waals surface area contributed by atoms with E-state index < -0.39 is 0 Å². The van der Waals surface area contributed by atoms with Crippen molar-refractivity contribution >= 4 is 0 Å². The van der Waals surface area contributed by atoms with E-state index in [1.165, 1.54) is 0 Å². The van der Waals surface area contributed by atoms with E-state index in [0.717, 1.165) is 36.2 Å². The number of aryl methyl sites for hydroxylation is 2. The minimum Gasteiger partial charge on any atom is -0.324 e. The fraction of sp³-hybridized carbons (Fsp3) is 0.600. The molecule has 0 saturated carbocycles. The van der Waals surface area contributed by atoms with Crippen LogP contribution in [0.15, 0.2) is 18.5 Å². The molecule has 2 aromatic heterocycles. The van der Waals surface area contributed by atoms with Gasteiger partial charge in [0.2, 0.25) is 0 Å². The Labute approximate surface area is 120 Å². The summed E-state index contributed by atoms with van der Waals surface area (Å²) in [5.41, 5.74) is 9.44. The first-order valence-corrected chi connectivity index (χ1v) is 7.34. The highest BCUT2D eigenvalue weighted by Gasteiger charge is 2.15. The minimum atomic E-state index is -0.0475. The summed E-state index contributed by atoms with van der Waals surface area (Å²) >= 11 is 0. The number of hydrogen-bond acceptors (Lipinski definition) is 3. The van der Waals surface area contributed by atoms with E-state index in [4.69, 9.17) is 5.73 Å². The Hall–Kier alpha value is -1.62. The molecule has 2 heterocycles. The molecule has 0 radical (unpaired) electrons. The van der Waals surface area contributed by atoms with Crippen LogP contribution in [0.4, 0.5) is 0 Å². The summed E-state index contributed by atoms with van der Waals surface area (Å²) in [6.45, 7) is 6.39. The minimum absolute atomic E-state index is 0.0475. The number of nitrogens with zero attached hydrogens (tertiary/aromatic N) is 4. The molecule has 0 aromatic carbocycles. The van der Waals surface area contributed by atoms with Gasteiger partial charge in [-0.1, -0.05) is 13.8 Å². The number of aromatic nitrogens is 4. The molecule has 0 saturated heterocycles. The van der Waals surface area contributed by atoms with Gasteiger partial charge >= 0.3 is 0 Å². The molecule has 0 spiro atoms. The fourth-order valence-electron chi connectivity index (χ4n) is 2.67. The summed E-state index contributed by atoms with van der Waals surface area (Å²) in [6, 6.07) is 2.51. The van der Waals surface area contributed by atoms with Crippen LogP contribution in [0.25, 0.3) is 0 Å². The number of rotatable bonds is 6. The van der Waals surface area contributed by atoms with E-state index in [-0.39, 0.29) is 6.04 Å². The van der Waals surface area contributed by atoms with Crippen molar-refractivity contribution in [1.29, 1.82) is 0 Å². The van der Waals surface area contributed by atoms with Crippen LogP contribution in [0, 0.1) is 6.92 Å². The first-order valence-electron chi connectivity index (χ1n) is 7.34. The largest absolute Gasteiger partial charge is 0.324 e.